The molecule has 1 heterocycles. The second-order valence-electron chi connectivity index (χ2n) is 5.31. The highest BCUT2D eigenvalue weighted by atomic mass is 32.1. The van der Waals surface area contributed by atoms with Gasteiger partial charge in [-0.1, -0.05) is 0 Å². The predicted octanol–water partition coefficient (Wildman–Crippen LogP) is 3.76. The molecule has 0 atom stereocenters. The summed E-state index contributed by atoms with van der Waals surface area (Å²) in [5.74, 6) is -1.53. The van der Waals surface area contributed by atoms with Crippen molar-refractivity contribution in [3.8, 4) is 0 Å². The van der Waals surface area contributed by atoms with Crippen LogP contribution in [-0.2, 0) is 0 Å². The Balaban J connectivity index is 1.74. The summed E-state index contributed by atoms with van der Waals surface area (Å²) in [5, 5.41) is 6.19. The molecule has 3 rings (SSSR count). The number of anilines is 2. The molecular weight excluding hydrogens is 308 g/mol. The molecular formula is C15H15F2N3OS. The molecule has 2 N–H and O–H groups in total. The third kappa shape index (κ3) is 3.24. The number of thiazole rings is 1. The summed E-state index contributed by atoms with van der Waals surface area (Å²) < 4.78 is 26.3. The number of aryl methyl sites for hydroxylation is 1. The van der Waals surface area contributed by atoms with Crippen molar-refractivity contribution in [1.82, 2.24) is 10.3 Å². The average molecular weight is 323 g/mol. The van der Waals surface area contributed by atoms with E-state index in [1.54, 1.807) is 6.92 Å². The summed E-state index contributed by atoms with van der Waals surface area (Å²) in [6.07, 6.45) is 3.14. The molecule has 0 spiro atoms. The molecule has 1 saturated carbocycles. The van der Waals surface area contributed by atoms with Gasteiger partial charge in [0.1, 0.15) is 17.3 Å². The topological polar surface area (TPSA) is 54.0 Å². The molecule has 22 heavy (non-hydrogen) atoms. The normalized spacial score (nSPS) is 14.5. The average Bonchev–Trinajstić information content (AvgIpc) is 2.73. The zero-order chi connectivity index (χ0) is 15.7. The van der Waals surface area contributed by atoms with Gasteiger partial charge in [-0.15, -0.1) is 11.3 Å². The minimum absolute atomic E-state index is 0.197. The number of halogens is 2. The third-order valence-electron chi connectivity index (χ3n) is 3.57. The number of hydrogen-bond donors (Lipinski definition) is 2. The van der Waals surface area contributed by atoms with Crippen LogP contribution in [0.25, 0.3) is 0 Å². The summed E-state index contributed by atoms with van der Waals surface area (Å²) >= 11 is 1.27. The standard InChI is InChI=1S/C15H15F2N3OS/c1-8-13(14(21)18-11-3-2-4-11)20-15(22-8)19-12-6-9(16)5-10(17)7-12/h5-7,11H,2-4H2,1H3,(H,18,21)(H,19,20). The number of carbonyl (C=O) groups is 1. The van der Waals surface area contributed by atoms with E-state index in [1.807, 2.05) is 0 Å². The molecule has 1 aromatic heterocycles. The Hall–Kier alpha value is -2.02. The second kappa shape index (κ2) is 6.00. The molecule has 116 valence electrons. The Morgan fingerprint density at radius 1 is 1.27 bits per heavy atom. The minimum atomic E-state index is -0.668. The Labute approximate surface area is 130 Å². The monoisotopic (exact) mass is 323 g/mol. The SMILES string of the molecule is Cc1sc(Nc2cc(F)cc(F)c2)nc1C(=O)NC1CCC1. The highest BCUT2D eigenvalue weighted by molar-refractivity contribution is 7.15. The molecule has 2 aromatic rings. The lowest BCUT2D eigenvalue weighted by Crippen LogP contribution is -2.39. The van der Waals surface area contributed by atoms with Gasteiger partial charge >= 0.3 is 0 Å². The first-order chi connectivity index (χ1) is 10.5. The quantitative estimate of drug-likeness (QED) is 0.901. The minimum Gasteiger partial charge on any atom is -0.348 e. The molecule has 0 aliphatic heterocycles. The lowest BCUT2D eigenvalue weighted by molar-refractivity contribution is 0.0912. The molecule has 1 fully saturated rings. The highest BCUT2D eigenvalue weighted by Gasteiger charge is 2.23. The fourth-order valence-electron chi connectivity index (χ4n) is 2.22. The summed E-state index contributed by atoms with van der Waals surface area (Å²) in [7, 11) is 0. The van der Waals surface area contributed by atoms with Gasteiger partial charge < -0.3 is 10.6 Å². The maximum Gasteiger partial charge on any atom is 0.271 e. The van der Waals surface area contributed by atoms with Crippen molar-refractivity contribution in [3.63, 3.8) is 0 Å². The fraction of sp³-hybridized carbons (Fsp3) is 0.333. The fourth-order valence-corrected chi connectivity index (χ4v) is 3.05. The third-order valence-corrected chi connectivity index (χ3v) is 4.45. The van der Waals surface area contributed by atoms with Gasteiger partial charge in [0.25, 0.3) is 5.91 Å². The molecule has 1 amide bonds. The van der Waals surface area contributed by atoms with E-state index in [9.17, 15) is 13.6 Å². The zero-order valence-corrected chi connectivity index (χ0v) is 12.8. The van der Waals surface area contributed by atoms with Crippen LogP contribution in [0.15, 0.2) is 18.2 Å². The van der Waals surface area contributed by atoms with Crippen LogP contribution < -0.4 is 10.6 Å². The Kier molecular flexibility index (Phi) is 4.06. The lowest BCUT2D eigenvalue weighted by Gasteiger charge is -2.25. The van der Waals surface area contributed by atoms with E-state index in [0.29, 0.717) is 10.8 Å². The smallest absolute Gasteiger partial charge is 0.271 e. The van der Waals surface area contributed by atoms with Crippen LogP contribution in [0.3, 0.4) is 0 Å². The second-order valence-corrected chi connectivity index (χ2v) is 6.51. The number of hydrogen-bond acceptors (Lipinski definition) is 4. The maximum atomic E-state index is 13.2. The van der Waals surface area contributed by atoms with E-state index in [0.717, 1.165) is 30.2 Å². The van der Waals surface area contributed by atoms with Crippen molar-refractivity contribution in [2.75, 3.05) is 5.32 Å². The van der Waals surface area contributed by atoms with Gasteiger partial charge in [-0.05, 0) is 38.3 Å². The Morgan fingerprint density at radius 2 is 1.95 bits per heavy atom. The van der Waals surface area contributed by atoms with Gasteiger partial charge in [-0.25, -0.2) is 13.8 Å². The van der Waals surface area contributed by atoms with Gasteiger partial charge in [0, 0.05) is 22.7 Å². The van der Waals surface area contributed by atoms with Gasteiger partial charge in [-0.3, -0.25) is 4.79 Å². The van der Waals surface area contributed by atoms with Crippen molar-refractivity contribution >= 4 is 28.1 Å². The molecule has 0 saturated heterocycles. The number of amides is 1. The summed E-state index contributed by atoms with van der Waals surface area (Å²) in [6, 6.07) is 3.39. The molecule has 7 heteroatoms. The van der Waals surface area contributed by atoms with Crippen molar-refractivity contribution in [3.05, 3.63) is 40.4 Å². The first-order valence-electron chi connectivity index (χ1n) is 7.02. The van der Waals surface area contributed by atoms with E-state index in [2.05, 4.69) is 15.6 Å². The number of aromatic nitrogens is 1. The molecule has 0 unspecified atom stereocenters. The van der Waals surface area contributed by atoms with E-state index in [4.69, 9.17) is 0 Å². The summed E-state index contributed by atoms with van der Waals surface area (Å²) in [6.45, 7) is 1.80. The largest absolute Gasteiger partial charge is 0.348 e. The predicted molar refractivity (Wildman–Crippen MR) is 81.6 cm³/mol. The van der Waals surface area contributed by atoms with Crippen LogP contribution in [0.5, 0.6) is 0 Å². The van der Waals surface area contributed by atoms with Crippen molar-refractivity contribution in [2.24, 2.45) is 0 Å². The van der Waals surface area contributed by atoms with Gasteiger partial charge in [-0.2, -0.15) is 0 Å². The maximum absolute atomic E-state index is 13.2. The van der Waals surface area contributed by atoms with Crippen molar-refractivity contribution in [2.45, 2.75) is 32.2 Å². The van der Waals surface area contributed by atoms with Crippen LogP contribution in [0, 0.1) is 18.6 Å². The van der Waals surface area contributed by atoms with Gasteiger partial charge in [0.15, 0.2) is 5.13 Å². The van der Waals surface area contributed by atoms with E-state index in [-0.39, 0.29) is 17.6 Å². The first kappa shape index (κ1) is 14.9. The number of carbonyl (C=O) groups excluding carboxylic acids is 1. The van der Waals surface area contributed by atoms with Gasteiger partial charge in [0.05, 0.1) is 0 Å². The van der Waals surface area contributed by atoms with E-state index in [1.165, 1.54) is 23.5 Å². The highest BCUT2D eigenvalue weighted by Crippen LogP contribution is 2.27. The number of benzene rings is 1. The molecule has 4 nitrogen and oxygen atoms in total. The zero-order valence-electron chi connectivity index (χ0n) is 12.0. The Morgan fingerprint density at radius 3 is 2.55 bits per heavy atom. The van der Waals surface area contributed by atoms with Crippen molar-refractivity contribution < 1.29 is 13.6 Å². The van der Waals surface area contributed by atoms with Crippen molar-refractivity contribution in [1.29, 1.82) is 0 Å². The summed E-state index contributed by atoms with van der Waals surface area (Å²) in [4.78, 5) is 17.1. The Bertz CT molecular complexity index is 693. The number of nitrogens with one attached hydrogen (secondary N) is 2. The number of rotatable bonds is 4. The van der Waals surface area contributed by atoms with E-state index < -0.39 is 11.6 Å². The molecule has 0 bridgehead atoms. The molecule has 1 aliphatic rings. The van der Waals surface area contributed by atoms with Crippen LogP contribution in [-0.4, -0.2) is 16.9 Å². The first-order valence-corrected chi connectivity index (χ1v) is 7.84. The van der Waals surface area contributed by atoms with Crippen LogP contribution in [0.2, 0.25) is 0 Å². The van der Waals surface area contributed by atoms with Gasteiger partial charge in [0.2, 0.25) is 0 Å². The molecule has 1 aromatic carbocycles. The summed E-state index contributed by atoms with van der Waals surface area (Å²) in [5.41, 5.74) is 0.619. The lowest BCUT2D eigenvalue weighted by atomic mass is 9.93. The van der Waals surface area contributed by atoms with Crippen LogP contribution in [0.4, 0.5) is 19.6 Å². The van der Waals surface area contributed by atoms with E-state index >= 15 is 0 Å². The molecule has 0 radical (unpaired) electrons. The van der Waals surface area contributed by atoms with Crippen LogP contribution >= 0.6 is 11.3 Å². The molecule has 1 aliphatic carbocycles. The van der Waals surface area contributed by atoms with Crippen LogP contribution in [0.1, 0.15) is 34.6 Å². The number of nitrogens with zero attached hydrogens (tertiary/aromatic N) is 1.